The summed E-state index contributed by atoms with van der Waals surface area (Å²) in [4.78, 5) is 51.4. The maximum absolute atomic E-state index is 13.5. The van der Waals surface area contributed by atoms with E-state index in [1.165, 1.54) is 18.6 Å². The van der Waals surface area contributed by atoms with E-state index < -0.39 is 17.9 Å². The molecule has 8 heteroatoms. The fourth-order valence-electron chi connectivity index (χ4n) is 7.91. The summed E-state index contributed by atoms with van der Waals surface area (Å²) in [7, 11) is 1.68. The maximum Gasteiger partial charge on any atom is 0.343 e. The Kier molecular flexibility index (Phi) is 12.8. The van der Waals surface area contributed by atoms with Gasteiger partial charge in [-0.25, -0.2) is 14.4 Å². The average molecular weight is 803 g/mol. The molecule has 306 valence electrons. The van der Waals surface area contributed by atoms with E-state index in [9.17, 15) is 19.2 Å². The summed E-state index contributed by atoms with van der Waals surface area (Å²) in [6, 6.07) is 29.1. The zero-order valence-corrected chi connectivity index (χ0v) is 35.9. The van der Waals surface area contributed by atoms with Crippen molar-refractivity contribution in [2.45, 2.75) is 75.2 Å². The number of Topliss-reactive ketones (excluding diaryl/α,β-unsaturated/α-hetero) is 1. The number of esters is 3. The fourth-order valence-corrected chi connectivity index (χ4v) is 7.91. The fraction of sp³-hybridized carbons (Fsp3) is 0.231. The van der Waals surface area contributed by atoms with Crippen LogP contribution in [0.2, 0.25) is 0 Å². The topological polar surface area (TPSA) is 105 Å². The van der Waals surface area contributed by atoms with Crippen molar-refractivity contribution in [1.29, 1.82) is 0 Å². The molecular formula is C52H50O8. The van der Waals surface area contributed by atoms with E-state index in [1.807, 2.05) is 91.8 Å². The van der Waals surface area contributed by atoms with Crippen LogP contribution in [0.4, 0.5) is 0 Å². The van der Waals surface area contributed by atoms with Crippen molar-refractivity contribution in [3.8, 4) is 23.0 Å². The largest absolute Gasteiger partial charge is 0.496 e. The smallest absolute Gasteiger partial charge is 0.343 e. The lowest BCUT2D eigenvalue weighted by Crippen LogP contribution is -2.14. The molecule has 0 radical (unpaired) electrons. The van der Waals surface area contributed by atoms with Gasteiger partial charge >= 0.3 is 17.9 Å². The number of ether oxygens (including phenoxy) is 4. The van der Waals surface area contributed by atoms with Gasteiger partial charge in [0.15, 0.2) is 5.78 Å². The molecule has 0 aromatic heterocycles. The zero-order chi connectivity index (χ0) is 43.4. The van der Waals surface area contributed by atoms with E-state index in [-0.39, 0.29) is 16.9 Å². The number of carbonyl (C=O) groups excluding carboxylic acids is 4. The highest BCUT2D eigenvalue weighted by molar-refractivity contribution is 5.98. The quantitative estimate of drug-likeness (QED) is 0.0684. The van der Waals surface area contributed by atoms with Crippen molar-refractivity contribution in [3.05, 3.63) is 186 Å². The van der Waals surface area contributed by atoms with Gasteiger partial charge in [0, 0.05) is 5.56 Å². The lowest BCUT2D eigenvalue weighted by molar-refractivity contribution is 0.0719. The lowest BCUT2D eigenvalue weighted by Gasteiger charge is -2.16. The number of benzene rings is 6. The molecule has 0 spiro atoms. The van der Waals surface area contributed by atoms with Crippen LogP contribution in [0.1, 0.15) is 115 Å². The second-order valence-corrected chi connectivity index (χ2v) is 15.7. The Hall–Kier alpha value is -6.80. The van der Waals surface area contributed by atoms with Gasteiger partial charge in [-0.3, -0.25) is 4.79 Å². The van der Waals surface area contributed by atoms with Crippen LogP contribution in [0.3, 0.4) is 0 Å². The first-order valence-corrected chi connectivity index (χ1v) is 19.8. The molecule has 0 heterocycles. The average Bonchev–Trinajstić information content (AvgIpc) is 3.19. The van der Waals surface area contributed by atoms with Crippen LogP contribution in [-0.2, 0) is 12.8 Å². The van der Waals surface area contributed by atoms with Crippen LogP contribution >= 0.6 is 0 Å². The monoisotopic (exact) mass is 802 g/mol. The Bertz CT molecular complexity index is 2570. The Balaban J connectivity index is 1.10. The van der Waals surface area contributed by atoms with Gasteiger partial charge in [-0.05, 0) is 172 Å². The van der Waals surface area contributed by atoms with E-state index >= 15 is 0 Å². The number of hydrogen-bond acceptors (Lipinski definition) is 8. The predicted octanol–water partition coefficient (Wildman–Crippen LogP) is 11.2. The summed E-state index contributed by atoms with van der Waals surface area (Å²) in [5.41, 5.74) is 12.7. The molecule has 0 aliphatic heterocycles. The lowest BCUT2D eigenvalue weighted by atomic mass is 9.97. The van der Waals surface area contributed by atoms with Gasteiger partial charge in [0.2, 0.25) is 0 Å². The highest BCUT2D eigenvalue weighted by atomic mass is 16.5. The molecule has 0 unspecified atom stereocenters. The highest BCUT2D eigenvalue weighted by Crippen LogP contribution is 2.32. The van der Waals surface area contributed by atoms with Gasteiger partial charge in [0.1, 0.15) is 23.0 Å². The molecular weight excluding hydrogens is 753 g/mol. The first-order chi connectivity index (χ1) is 28.5. The third kappa shape index (κ3) is 9.72. The van der Waals surface area contributed by atoms with Gasteiger partial charge in [-0.1, -0.05) is 66.7 Å². The van der Waals surface area contributed by atoms with E-state index in [1.54, 1.807) is 49.6 Å². The number of ketones is 1. The first-order valence-electron chi connectivity index (χ1n) is 19.8. The van der Waals surface area contributed by atoms with Crippen LogP contribution in [0.5, 0.6) is 23.0 Å². The molecule has 0 bridgehead atoms. The van der Waals surface area contributed by atoms with Crippen LogP contribution in [0.25, 0.3) is 0 Å². The molecule has 0 saturated heterocycles. The standard InChI is InChI=1S/C52H50O8/c1-29-18-38(19-30(2)46(29)57-10)26-39-22-33(5)48(34(6)23-39)59-51(55)44-12-11-13-45(28-44)52(56)60-49-35(7)24-41(25-36(49)8)27-40-20-31(3)47(32(4)21-40)58-50(54)43-16-14-42(15-17-43)37(9)53/h11-25,28H,26-27H2,1-10H3. The van der Waals surface area contributed by atoms with Crippen molar-refractivity contribution in [2.24, 2.45) is 0 Å². The third-order valence-corrected chi connectivity index (χ3v) is 10.5. The minimum absolute atomic E-state index is 0.0731. The van der Waals surface area contributed by atoms with Gasteiger partial charge in [-0.2, -0.15) is 0 Å². The van der Waals surface area contributed by atoms with Crippen LogP contribution in [-0.4, -0.2) is 30.8 Å². The second kappa shape index (κ2) is 18.0. The Morgan fingerprint density at radius 3 is 0.967 bits per heavy atom. The number of aryl methyl sites for hydroxylation is 8. The molecule has 0 fully saturated rings. The molecule has 0 aliphatic rings. The van der Waals surface area contributed by atoms with Gasteiger partial charge in [0.25, 0.3) is 0 Å². The second-order valence-electron chi connectivity index (χ2n) is 15.7. The molecule has 6 aromatic rings. The highest BCUT2D eigenvalue weighted by Gasteiger charge is 2.20. The Labute approximate surface area is 352 Å². The van der Waals surface area contributed by atoms with Crippen molar-refractivity contribution in [1.82, 2.24) is 0 Å². The summed E-state index contributed by atoms with van der Waals surface area (Å²) in [5.74, 6) is 0.609. The van der Waals surface area contributed by atoms with E-state index in [4.69, 9.17) is 18.9 Å². The number of rotatable bonds is 12. The molecule has 0 aliphatic carbocycles. The van der Waals surface area contributed by atoms with Crippen molar-refractivity contribution >= 4 is 23.7 Å². The molecule has 8 nitrogen and oxygen atoms in total. The molecule has 0 atom stereocenters. The van der Waals surface area contributed by atoms with Gasteiger partial charge in [0.05, 0.1) is 23.8 Å². The van der Waals surface area contributed by atoms with Crippen LogP contribution in [0.15, 0.2) is 97.1 Å². The summed E-state index contributed by atoms with van der Waals surface area (Å²) in [5, 5.41) is 0. The molecule has 60 heavy (non-hydrogen) atoms. The summed E-state index contributed by atoms with van der Waals surface area (Å²) >= 11 is 0. The number of methoxy groups -OCH3 is 1. The van der Waals surface area contributed by atoms with E-state index in [0.717, 1.165) is 73.4 Å². The van der Waals surface area contributed by atoms with E-state index in [0.29, 0.717) is 34.8 Å². The zero-order valence-electron chi connectivity index (χ0n) is 35.9. The van der Waals surface area contributed by atoms with Gasteiger partial charge in [-0.15, -0.1) is 0 Å². The van der Waals surface area contributed by atoms with Crippen molar-refractivity contribution in [2.75, 3.05) is 7.11 Å². The number of carbonyl (C=O) groups is 4. The molecule has 6 aromatic carbocycles. The van der Waals surface area contributed by atoms with E-state index in [2.05, 4.69) is 12.1 Å². The van der Waals surface area contributed by atoms with Crippen molar-refractivity contribution < 1.29 is 38.1 Å². The SMILES string of the molecule is COc1c(C)cc(Cc2cc(C)c(OC(=O)c3cccc(C(=O)Oc4c(C)cc(Cc5cc(C)c(OC(=O)c6ccc(C(C)=O)cc6)c(C)c5)cc4C)c3)c(C)c2)cc1C. The first kappa shape index (κ1) is 42.8. The molecule has 6 rings (SSSR count). The third-order valence-electron chi connectivity index (χ3n) is 10.5. The van der Waals surface area contributed by atoms with Crippen molar-refractivity contribution in [3.63, 3.8) is 0 Å². The summed E-state index contributed by atoms with van der Waals surface area (Å²) in [6.45, 7) is 17.0. The summed E-state index contributed by atoms with van der Waals surface area (Å²) in [6.07, 6.45) is 1.33. The van der Waals surface area contributed by atoms with Crippen LogP contribution < -0.4 is 18.9 Å². The van der Waals surface area contributed by atoms with Crippen LogP contribution in [0, 0.1) is 55.4 Å². The normalized spacial score (nSPS) is 10.9. The Morgan fingerprint density at radius 1 is 0.383 bits per heavy atom. The minimum atomic E-state index is -0.587. The molecule has 0 saturated carbocycles. The molecule has 0 amide bonds. The molecule has 0 N–H and O–H groups in total. The summed E-state index contributed by atoms with van der Waals surface area (Å²) < 4.78 is 23.2. The predicted molar refractivity (Wildman–Crippen MR) is 234 cm³/mol. The minimum Gasteiger partial charge on any atom is -0.496 e. The number of hydrogen-bond donors (Lipinski definition) is 0. The Morgan fingerprint density at radius 2 is 0.667 bits per heavy atom. The van der Waals surface area contributed by atoms with Gasteiger partial charge < -0.3 is 18.9 Å². The maximum atomic E-state index is 13.5.